The summed E-state index contributed by atoms with van der Waals surface area (Å²) in [6, 6.07) is 6.81. The number of aliphatic imine (C=N–C) groups is 1. The van der Waals surface area contributed by atoms with Crippen molar-refractivity contribution in [2.75, 3.05) is 26.2 Å². The van der Waals surface area contributed by atoms with Gasteiger partial charge in [0.05, 0.1) is 6.54 Å². The number of aromatic nitrogens is 1. The Kier molecular flexibility index (Phi) is 10.3. The Morgan fingerprint density at radius 2 is 2.07 bits per heavy atom. The molecule has 0 aliphatic carbocycles. The zero-order valence-corrected chi connectivity index (χ0v) is 19.7. The van der Waals surface area contributed by atoms with Crippen LogP contribution in [0.15, 0.2) is 51.9 Å². The number of thiophene rings is 1. The summed E-state index contributed by atoms with van der Waals surface area (Å²) in [5, 5.41) is 18.6. The number of nitrogens with zero attached hydrogens (tertiary/aromatic N) is 2. The van der Waals surface area contributed by atoms with Crippen molar-refractivity contribution in [2.24, 2.45) is 4.99 Å². The third kappa shape index (κ3) is 7.62. The molecule has 0 aliphatic heterocycles. The summed E-state index contributed by atoms with van der Waals surface area (Å²) in [6.45, 7) is 5.00. The van der Waals surface area contributed by atoms with Crippen LogP contribution in [0, 0.1) is 0 Å². The largest absolute Gasteiger partial charge is 0.383 e. The first-order chi connectivity index (χ1) is 12.8. The first-order valence-corrected chi connectivity index (χ1v) is 10.9. The standard InChI is InChI=1S/C17H25N5O3S2.HI/c1-3-19-16(21-13-17(2,23)15-7-5-11-26-15)20-9-10-22-27(24,25)14-6-4-8-18-12-14;/h4-8,11-12,22-23H,3,9-10,13H2,1-2H3,(H2,19,20,21);1H. The van der Waals surface area contributed by atoms with E-state index in [0.29, 0.717) is 19.0 Å². The maximum absolute atomic E-state index is 12.1. The van der Waals surface area contributed by atoms with Crippen LogP contribution in [0.4, 0.5) is 0 Å². The molecular weight excluding hydrogens is 513 g/mol. The van der Waals surface area contributed by atoms with Crippen molar-refractivity contribution in [1.29, 1.82) is 0 Å². The van der Waals surface area contributed by atoms with Crippen molar-refractivity contribution in [1.82, 2.24) is 20.3 Å². The Bertz CT molecular complexity index is 828. The van der Waals surface area contributed by atoms with Gasteiger partial charge in [0.2, 0.25) is 10.0 Å². The van der Waals surface area contributed by atoms with Gasteiger partial charge in [0.1, 0.15) is 10.5 Å². The van der Waals surface area contributed by atoms with Gasteiger partial charge in [-0.1, -0.05) is 6.07 Å². The normalized spacial score (nSPS) is 14.0. The van der Waals surface area contributed by atoms with Crippen LogP contribution in [-0.2, 0) is 15.6 Å². The maximum Gasteiger partial charge on any atom is 0.242 e. The quantitative estimate of drug-likeness (QED) is 0.166. The molecule has 0 aliphatic rings. The minimum atomic E-state index is -3.59. The first-order valence-electron chi connectivity index (χ1n) is 8.53. The molecule has 28 heavy (non-hydrogen) atoms. The van der Waals surface area contributed by atoms with Crippen LogP contribution in [0.25, 0.3) is 0 Å². The molecule has 156 valence electrons. The Hall–Kier alpha value is -1.28. The summed E-state index contributed by atoms with van der Waals surface area (Å²) in [7, 11) is -3.59. The van der Waals surface area contributed by atoms with E-state index in [1.807, 2.05) is 24.4 Å². The smallest absolute Gasteiger partial charge is 0.242 e. The fourth-order valence-electron chi connectivity index (χ4n) is 2.19. The lowest BCUT2D eigenvalue weighted by Crippen LogP contribution is -2.42. The molecule has 1 atom stereocenters. The SMILES string of the molecule is CCNC(=NCC(C)(O)c1cccs1)NCCNS(=O)(=O)c1cccnc1.I. The average molecular weight is 539 g/mol. The molecule has 0 radical (unpaired) electrons. The molecule has 0 spiro atoms. The maximum atomic E-state index is 12.1. The highest BCUT2D eigenvalue weighted by Crippen LogP contribution is 2.25. The lowest BCUT2D eigenvalue weighted by atomic mass is 10.1. The number of hydrogen-bond acceptors (Lipinski definition) is 6. The van der Waals surface area contributed by atoms with Crippen molar-refractivity contribution in [2.45, 2.75) is 24.3 Å². The Morgan fingerprint density at radius 3 is 2.68 bits per heavy atom. The van der Waals surface area contributed by atoms with Gasteiger partial charge < -0.3 is 15.7 Å². The van der Waals surface area contributed by atoms with Crippen LogP contribution in [0.1, 0.15) is 18.7 Å². The van der Waals surface area contributed by atoms with Crippen LogP contribution in [-0.4, -0.2) is 50.6 Å². The molecule has 2 aromatic rings. The molecule has 2 rings (SSSR count). The van der Waals surface area contributed by atoms with Gasteiger partial charge in [-0.25, -0.2) is 18.1 Å². The van der Waals surface area contributed by atoms with Crippen molar-refractivity contribution in [3.8, 4) is 0 Å². The third-order valence-electron chi connectivity index (χ3n) is 3.60. The van der Waals surface area contributed by atoms with Gasteiger partial charge in [0.15, 0.2) is 5.96 Å². The van der Waals surface area contributed by atoms with Gasteiger partial charge in [-0.15, -0.1) is 35.3 Å². The molecule has 2 aromatic heterocycles. The van der Waals surface area contributed by atoms with Gasteiger partial charge >= 0.3 is 0 Å². The summed E-state index contributed by atoms with van der Waals surface area (Å²) in [4.78, 5) is 9.17. The Labute approximate surface area is 187 Å². The average Bonchev–Trinajstić information content (AvgIpc) is 3.20. The number of aliphatic hydroxyl groups is 1. The van der Waals surface area contributed by atoms with E-state index in [4.69, 9.17) is 0 Å². The number of rotatable bonds is 9. The van der Waals surface area contributed by atoms with Crippen molar-refractivity contribution < 1.29 is 13.5 Å². The summed E-state index contributed by atoms with van der Waals surface area (Å²) >= 11 is 1.48. The molecule has 0 saturated carbocycles. The van der Waals surface area contributed by atoms with E-state index >= 15 is 0 Å². The van der Waals surface area contributed by atoms with Crippen molar-refractivity contribution in [3.05, 3.63) is 46.9 Å². The van der Waals surface area contributed by atoms with E-state index in [9.17, 15) is 13.5 Å². The van der Waals surface area contributed by atoms with Crippen LogP contribution in [0.2, 0.25) is 0 Å². The highest BCUT2D eigenvalue weighted by atomic mass is 127. The topological polar surface area (TPSA) is 116 Å². The van der Waals surface area contributed by atoms with E-state index in [2.05, 4.69) is 25.3 Å². The first kappa shape index (κ1) is 24.8. The zero-order valence-electron chi connectivity index (χ0n) is 15.8. The number of nitrogens with one attached hydrogen (secondary N) is 3. The molecule has 0 saturated heterocycles. The van der Waals surface area contributed by atoms with E-state index < -0.39 is 15.6 Å². The lowest BCUT2D eigenvalue weighted by Gasteiger charge is -2.20. The second-order valence-electron chi connectivity index (χ2n) is 5.96. The molecule has 0 amide bonds. The molecule has 0 aromatic carbocycles. The predicted molar refractivity (Wildman–Crippen MR) is 123 cm³/mol. The number of pyridine rings is 1. The van der Waals surface area contributed by atoms with Gasteiger partial charge in [0.25, 0.3) is 0 Å². The number of halogens is 1. The number of hydrogen-bond donors (Lipinski definition) is 4. The van der Waals surface area contributed by atoms with Crippen LogP contribution in [0.3, 0.4) is 0 Å². The molecule has 2 heterocycles. The van der Waals surface area contributed by atoms with E-state index in [-0.39, 0.29) is 42.0 Å². The molecule has 4 N–H and O–H groups in total. The van der Waals surface area contributed by atoms with Crippen molar-refractivity contribution in [3.63, 3.8) is 0 Å². The third-order valence-corrected chi connectivity index (χ3v) is 6.16. The lowest BCUT2D eigenvalue weighted by molar-refractivity contribution is 0.0711. The Balaban J connectivity index is 0.00000392. The molecule has 0 bridgehead atoms. The van der Waals surface area contributed by atoms with Crippen molar-refractivity contribution >= 4 is 51.3 Å². The molecule has 8 nitrogen and oxygen atoms in total. The molecule has 0 fully saturated rings. The van der Waals surface area contributed by atoms with E-state index in [1.54, 1.807) is 13.0 Å². The van der Waals surface area contributed by atoms with Gasteiger partial charge in [-0.3, -0.25) is 4.98 Å². The minimum Gasteiger partial charge on any atom is -0.383 e. The highest BCUT2D eigenvalue weighted by Gasteiger charge is 2.24. The number of sulfonamides is 1. The van der Waals surface area contributed by atoms with E-state index in [1.165, 1.54) is 29.8 Å². The fourth-order valence-corrected chi connectivity index (χ4v) is 3.97. The number of guanidine groups is 1. The summed E-state index contributed by atoms with van der Waals surface area (Å²) in [6.07, 6.45) is 2.82. The second-order valence-corrected chi connectivity index (χ2v) is 8.67. The monoisotopic (exact) mass is 539 g/mol. The van der Waals surface area contributed by atoms with Gasteiger partial charge in [-0.05, 0) is 37.4 Å². The summed E-state index contributed by atoms with van der Waals surface area (Å²) in [5.74, 6) is 0.509. The van der Waals surface area contributed by atoms with Crippen LogP contribution >= 0.6 is 35.3 Å². The minimum absolute atomic E-state index is 0. The molecular formula is C17H26IN5O3S2. The summed E-state index contributed by atoms with van der Waals surface area (Å²) in [5.41, 5.74) is -1.06. The second kappa shape index (κ2) is 11.7. The zero-order chi connectivity index (χ0) is 19.8. The fraction of sp³-hybridized carbons (Fsp3) is 0.412. The van der Waals surface area contributed by atoms with Crippen LogP contribution in [0.5, 0.6) is 0 Å². The predicted octanol–water partition coefficient (Wildman–Crippen LogP) is 1.50. The van der Waals surface area contributed by atoms with Gasteiger partial charge in [-0.2, -0.15) is 0 Å². The van der Waals surface area contributed by atoms with E-state index in [0.717, 1.165) is 4.88 Å². The molecule has 11 heteroatoms. The Morgan fingerprint density at radius 1 is 1.29 bits per heavy atom. The summed E-state index contributed by atoms with van der Waals surface area (Å²) < 4.78 is 26.8. The van der Waals surface area contributed by atoms with Crippen LogP contribution < -0.4 is 15.4 Å². The highest BCUT2D eigenvalue weighted by molar-refractivity contribution is 14.0. The van der Waals surface area contributed by atoms with Gasteiger partial charge in [0, 0.05) is 36.9 Å². The molecule has 1 unspecified atom stereocenters.